The minimum atomic E-state index is -4.97. The van der Waals surface area contributed by atoms with Crippen molar-refractivity contribution in [1.29, 1.82) is 0 Å². The Bertz CT molecular complexity index is 2510. The van der Waals surface area contributed by atoms with Crippen LogP contribution in [0, 0.1) is 0 Å². The Balaban J connectivity index is 0.000000718. The minimum absolute atomic E-state index is 0. The fraction of sp³-hybridized carbons (Fsp3) is 0.420. The number of piperidine rings is 2. The van der Waals surface area contributed by atoms with Crippen molar-refractivity contribution in [3.63, 3.8) is 0 Å². The van der Waals surface area contributed by atoms with Crippen LogP contribution < -0.4 is 96.3 Å². The summed E-state index contributed by atoms with van der Waals surface area (Å²) in [6, 6.07) is 19.4. The van der Waals surface area contributed by atoms with E-state index in [9.17, 15) is 71.9 Å². The maximum absolute atomic E-state index is 13.3. The number of hydrogen-bond donors (Lipinski definition) is 6. The van der Waals surface area contributed by atoms with Gasteiger partial charge in [-0.2, -0.15) is 52.7 Å². The number of amides is 6. The van der Waals surface area contributed by atoms with Gasteiger partial charge < -0.3 is 42.3 Å². The van der Waals surface area contributed by atoms with Gasteiger partial charge in [-0.1, -0.05) is 68.1 Å². The van der Waals surface area contributed by atoms with E-state index in [1.54, 1.807) is 60.7 Å². The quantitative estimate of drug-likeness (QED) is 0.0322. The van der Waals surface area contributed by atoms with E-state index < -0.39 is 105 Å². The maximum Gasteiger partial charge on any atom is 1.00 e. The number of halogens is 13. The number of ether oxygens (including phenoxy) is 2. The molecule has 6 N–H and O–H groups in total. The summed E-state index contributed by atoms with van der Waals surface area (Å²) in [5.41, 5.74) is -8.78. The predicted octanol–water partition coefficient (Wildman–Crippen LogP) is 2.93. The largest absolute Gasteiger partial charge is 1.00 e. The van der Waals surface area contributed by atoms with E-state index in [0.717, 1.165) is 11.1 Å². The van der Waals surface area contributed by atoms with Crippen LogP contribution in [0.25, 0.3) is 0 Å². The molecular weight excluding hydrogens is 1140 g/mol. The standard InChI is InChI=1S/2C24H23F6N3O3.CH2O3.CH4.ClH.2Na.H/c2*1-14(15-9-17(23(25,26)27)11-18(10-15)24(28,29)30)36-13-22(16-5-3-2-4-6-16)8-7-21(12-31-22)19(34)32-20(35)33-21;2-1-4-3;;;;;/h2*2-6,9-11,14,31H,7-8,12-13H2,1H3,(H2,32,33,34,35);1,3H;1H4;1H;;;/q;;;;;2*+1;-1/p-1/t2*14-,21-,22-;;;;;;/m11....../s1. The van der Waals surface area contributed by atoms with E-state index in [1.807, 2.05) is 0 Å². The molecule has 6 atom stereocenters. The maximum atomic E-state index is 13.3. The van der Waals surface area contributed by atoms with Crippen molar-refractivity contribution >= 4 is 42.8 Å². The second-order valence-corrected chi connectivity index (χ2v) is 18.4. The third-order valence-corrected chi connectivity index (χ3v) is 13.5. The first-order valence-electron chi connectivity index (χ1n) is 22.8. The Morgan fingerprint density at radius 1 is 0.550 bits per heavy atom. The molecule has 4 aliphatic rings. The summed E-state index contributed by atoms with van der Waals surface area (Å²) in [7, 11) is 0. The summed E-state index contributed by atoms with van der Waals surface area (Å²) >= 11 is 0. The van der Waals surface area contributed by atoms with Crippen molar-refractivity contribution in [2.75, 3.05) is 26.3 Å². The Morgan fingerprint density at radius 2 is 0.838 bits per heavy atom. The van der Waals surface area contributed by atoms with Crippen LogP contribution in [0.3, 0.4) is 0 Å². The first-order valence-corrected chi connectivity index (χ1v) is 22.8. The molecule has 0 aliphatic carbocycles. The zero-order valence-electron chi connectivity index (χ0n) is 43.2. The molecule has 4 aromatic carbocycles. The molecule has 30 heteroatoms. The number of urea groups is 2. The third-order valence-electron chi connectivity index (χ3n) is 13.5. The average Bonchev–Trinajstić information content (AvgIpc) is 3.82. The summed E-state index contributed by atoms with van der Waals surface area (Å²) in [6.45, 7) is 2.47. The van der Waals surface area contributed by atoms with Gasteiger partial charge in [0.15, 0.2) is 0 Å². The van der Waals surface area contributed by atoms with Crippen molar-refractivity contribution in [2.24, 2.45) is 0 Å². The smallest absolute Gasteiger partial charge is 1.00 e. The summed E-state index contributed by atoms with van der Waals surface area (Å²) in [5, 5.41) is 24.6. The molecule has 0 bridgehead atoms. The number of nitrogens with one attached hydrogen (secondary N) is 6. The Morgan fingerprint density at radius 3 is 1.05 bits per heavy atom. The SMILES string of the molecule is C.C[C@@H](OC[C@@]1(c2ccccc2)CC[C@]2(CN1)NC(=O)NC2=O)c1cc(C(F)(F)F)cc(C(F)(F)F)c1.C[C@@H](OC[C@@]1(c2ccccc2)CC[C@]2(CN1)NC(=O)NC2=O)c1cc(C(F)(F)F)cc(C(F)(F)F)c1.Cl.O=CO[O-].[H-].[Na+].[Na+]. The number of hydrogen-bond acceptors (Lipinski definition) is 11. The number of rotatable bonds is 11. The van der Waals surface area contributed by atoms with Gasteiger partial charge in [-0.15, -0.1) is 12.4 Å². The van der Waals surface area contributed by atoms with Gasteiger partial charge in [0.2, 0.25) is 0 Å². The van der Waals surface area contributed by atoms with Gasteiger partial charge >= 0.3 is 95.9 Å². The molecule has 4 heterocycles. The van der Waals surface area contributed by atoms with Gasteiger partial charge in [0.1, 0.15) is 11.1 Å². The zero-order chi connectivity index (χ0) is 56.1. The van der Waals surface area contributed by atoms with Gasteiger partial charge in [0, 0.05) is 13.1 Å². The molecule has 4 saturated heterocycles. The second-order valence-electron chi connectivity index (χ2n) is 18.4. The molecule has 4 fully saturated rings. The fourth-order valence-electron chi connectivity index (χ4n) is 9.08. The Labute approximate surface area is 502 Å². The van der Waals surface area contributed by atoms with Gasteiger partial charge in [0.25, 0.3) is 18.3 Å². The molecule has 15 nitrogen and oxygen atoms in total. The first-order chi connectivity index (χ1) is 35.4. The van der Waals surface area contributed by atoms with E-state index in [1.165, 1.54) is 13.8 Å². The van der Waals surface area contributed by atoms with E-state index in [-0.39, 0.29) is 149 Å². The molecule has 0 radical (unpaired) electrons. The number of benzene rings is 4. The van der Waals surface area contributed by atoms with E-state index in [4.69, 9.17) is 19.5 Å². The topological polar surface area (TPSA) is 208 Å². The number of imide groups is 2. The molecule has 0 saturated carbocycles. The summed E-state index contributed by atoms with van der Waals surface area (Å²) in [4.78, 5) is 59.3. The van der Waals surface area contributed by atoms with Crippen molar-refractivity contribution in [1.82, 2.24) is 31.9 Å². The molecule has 4 aromatic rings. The van der Waals surface area contributed by atoms with Gasteiger partial charge in [-0.05, 0) is 98.2 Å². The Hall–Kier alpha value is -4.52. The van der Waals surface area contributed by atoms with Crippen LogP contribution in [0.5, 0.6) is 0 Å². The van der Waals surface area contributed by atoms with E-state index in [0.29, 0.717) is 37.1 Å². The monoisotopic (exact) mass is 1190 g/mol. The zero-order valence-corrected chi connectivity index (χ0v) is 47.1. The second kappa shape index (κ2) is 28.2. The van der Waals surface area contributed by atoms with Gasteiger partial charge in [-0.3, -0.25) is 25.0 Å². The summed E-state index contributed by atoms with van der Waals surface area (Å²) in [5.74, 6) is -0.945. The molecule has 4 aliphatic heterocycles. The van der Waals surface area contributed by atoms with Crippen LogP contribution in [-0.2, 0) is 64.5 Å². The third kappa shape index (κ3) is 17.0. The molecule has 2 spiro atoms. The van der Waals surface area contributed by atoms with Crippen LogP contribution in [0.4, 0.5) is 62.3 Å². The van der Waals surface area contributed by atoms with Crippen LogP contribution >= 0.6 is 12.4 Å². The van der Waals surface area contributed by atoms with Crippen molar-refractivity contribution in [3.8, 4) is 0 Å². The Kier molecular flexibility index (Phi) is 25.2. The van der Waals surface area contributed by atoms with Gasteiger partial charge in [-0.25, -0.2) is 9.59 Å². The number of carbonyl (C=O) groups is 5. The molecule has 8 rings (SSSR count). The predicted molar refractivity (Wildman–Crippen MR) is 253 cm³/mol. The number of alkyl halides is 12. The van der Waals surface area contributed by atoms with Crippen LogP contribution in [-0.4, -0.2) is 67.7 Å². The van der Waals surface area contributed by atoms with Crippen molar-refractivity contribution < 1.29 is 157 Å². The van der Waals surface area contributed by atoms with E-state index in [2.05, 4.69) is 36.8 Å². The molecule has 430 valence electrons. The molecule has 0 unspecified atom stereocenters. The van der Waals surface area contributed by atoms with E-state index >= 15 is 0 Å². The van der Waals surface area contributed by atoms with Crippen LogP contribution in [0.15, 0.2) is 97.1 Å². The average molecular weight is 1190 g/mol. The summed E-state index contributed by atoms with van der Waals surface area (Å²) < 4.78 is 171. The molecule has 80 heavy (non-hydrogen) atoms. The van der Waals surface area contributed by atoms with Crippen molar-refractivity contribution in [2.45, 2.75) is 106 Å². The van der Waals surface area contributed by atoms with Crippen LogP contribution in [0.2, 0.25) is 0 Å². The molecular formula is C50H53ClF12N6Na2O9. The first kappa shape index (κ1) is 71.6. The fourth-order valence-corrected chi connectivity index (χ4v) is 9.08. The number of carbonyl (C=O) groups excluding carboxylic acids is 5. The molecule has 0 aromatic heterocycles. The van der Waals surface area contributed by atoms with Crippen LogP contribution in [0.1, 0.15) is 105 Å². The normalized spacial score (nSPS) is 23.2. The van der Waals surface area contributed by atoms with Crippen molar-refractivity contribution in [3.05, 3.63) is 142 Å². The molecule has 6 amide bonds. The van der Waals surface area contributed by atoms with Gasteiger partial charge in [0.05, 0.1) is 58.8 Å². The minimum Gasteiger partial charge on any atom is -1.00 e. The summed E-state index contributed by atoms with van der Waals surface area (Å²) in [6.07, 6.45) is -21.0.